The average molecular weight is 427 g/mol. The molecule has 0 aliphatic heterocycles. The van der Waals surface area contributed by atoms with Crippen LogP contribution in [-0.2, 0) is 19.6 Å². The van der Waals surface area contributed by atoms with Gasteiger partial charge in [0.25, 0.3) is 0 Å². The summed E-state index contributed by atoms with van der Waals surface area (Å²) in [6.45, 7) is 3.35. The summed E-state index contributed by atoms with van der Waals surface area (Å²) in [5.41, 5.74) is 1.24. The molecule has 2 heterocycles. The van der Waals surface area contributed by atoms with E-state index < -0.39 is 0 Å². The van der Waals surface area contributed by atoms with Gasteiger partial charge < -0.3 is 10.6 Å². The topological polar surface area (TPSA) is 59.7 Å². The zero-order valence-electron chi connectivity index (χ0n) is 14.4. The Balaban J connectivity index is 1.59. The van der Waals surface area contributed by atoms with Gasteiger partial charge in [-0.05, 0) is 31.3 Å². The molecule has 2 aromatic heterocycles. The van der Waals surface area contributed by atoms with Crippen molar-refractivity contribution in [2.45, 2.75) is 26.6 Å². The van der Waals surface area contributed by atoms with Gasteiger partial charge in [-0.1, -0.05) is 29.3 Å². The van der Waals surface area contributed by atoms with Crippen molar-refractivity contribution in [1.29, 1.82) is 0 Å². The lowest BCUT2D eigenvalue weighted by Gasteiger charge is -2.10. The standard InChI is InChI=1S/C17H17Cl2FN6S/c1-2-26-15(13(19)8-22-26)9-21-17(27)23-16-6-7-25(24-16)10-11-12(18)4-3-5-14(11)20/h3-8H,2,9-10H2,1H3,(H2,21,23,24,27). The Morgan fingerprint density at radius 1 is 1.26 bits per heavy atom. The van der Waals surface area contributed by atoms with Gasteiger partial charge in [0.05, 0.1) is 30.0 Å². The van der Waals surface area contributed by atoms with Gasteiger partial charge in [0.2, 0.25) is 0 Å². The van der Waals surface area contributed by atoms with E-state index in [1.165, 1.54) is 6.07 Å². The van der Waals surface area contributed by atoms with Crippen molar-refractivity contribution in [1.82, 2.24) is 24.9 Å². The summed E-state index contributed by atoms with van der Waals surface area (Å²) in [5, 5.41) is 15.9. The van der Waals surface area contributed by atoms with Crippen LogP contribution in [0.3, 0.4) is 0 Å². The summed E-state index contributed by atoms with van der Waals surface area (Å²) < 4.78 is 17.3. The van der Waals surface area contributed by atoms with E-state index in [9.17, 15) is 4.39 Å². The van der Waals surface area contributed by atoms with Crippen molar-refractivity contribution in [2.75, 3.05) is 5.32 Å². The minimum absolute atomic E-state index is 0.221. The van der Waals surface area contributed by atoms with E-state index in [1.54, 1.807) is 40.0 Å². The Labute approximate surface area is 171 Å². The van der Waals surface area contributed by atoms with Crippen molar-refractivity contribution in [3.05, 3.63) is 63.8 Å². The van der Waals surface area contributed by atoms with Crippen molar-refractivity contribution in [3.8, 4) is 0 Å². The number of rotatable bonds is 6. The summed E-state index contributed by atoms with van der Waals surface area (Å²) in [7, 11) is 0. The number of thiocarbonyl (C=S) groups is 1. The van der Waals surface area contributed by atoms with Crippen LogP contribution in [0, 0.1) is 5.82 Å². The lowest BCUT2D eigenvalue weighted by Crippen LogP contribution is -2.29. The van der Waals surface area contributed by atoms with E-state index in [0.29, 0.717) is 39.6 Å². The second-order valence-electron chi connectivity index (χ2n) is 5.66. The molecule has 3 rings (SSSR count). The molecule has 142 valence electrons. The van der Waals surface area contributed by atoms with Gasteiger partial charge in [-0.15, -0.1) is 0 Å². The van der Waals surface area contributed by atoms with Crippen molar-refractivity contribution < 1.29 is 4.39 Å². The van der Waals surface area contributed by atoms with Gasteiger partial charge in [0.1, 0.15) is 5.82 Å². The fraction of sp³-hybridized carbons (Fsp3) is 0.235. The molecule has 0 aliphatic carbocycles. The van der Waals surface area contributed by atoms with Crippen molar-refractivity contribution >= 4 is 46.4 Å². The van der Waals surface area contributed by atoms with Gasteiger partial charge in [-0.25, -0.2) is 4.39 Å². The number of anilines is 1. The minimum atomic E-state index is -0.367. The first-order chi connectivity index (χ1) is 13.0. The zero-order valence-corrected chi connectivity index (χ0v) is 16.7. The molecular formula is C17H17Cl2FN6S. The largest absolute Gasteiger partial charge is 0.357 e. The highest BCUT2D eigenvalue weighted by molar-refractivity contribution is 7.80. The Bertz CT molecular complexity index is 935. The molecule has 0 bridgehead atoms. The van der Waals surface area contributed by atoms with Crippen LogP contribution in [0.15, 0.2) is 36.7 Å². The highest BCUT2D eigenvalue weighted by Gasteiger charge is 2.11. The Morgan fingerprint density at radius 2 is 2.07 bits per heavy atom. The first-order valence-electron chi connectivity index (χ1n) is 8.19. The number of hydrogen-bond donors (Lipinski definition) is 2. The molecule has 3 aromatic rings. The number of nitrogens with zero attached hydrogens (tertiary/aromatic N) is 4. The van der Waals surface area contributed by atoms with Crippen LogP contribution in [0.1, 0.15) is 18.2 Å². The Morgan fingerprint density at radius 3 is 2.81 bits per heavy atom. The predicted molar refractivity (Wildman–Crippen MR) is 109 cm³/mol. The maximum absolute atomic E-state index is 13.9. The SMILES string of the molecule is CCn1ncc(Cl)c1CNC(=S)Nc1ccn(Cc2c(F)cccc2Cl)n1. The fourth-order valence-corrected chi connectivity index (χ4v) is 3.13. The van der Waals surface area contributed by atoms with Crippen LogP contribution in [0.4, 0.5) is 10.2 Å². The highest BCUT2D eigenvalue weighted by Crippen LogP contribution is 2.20. The lowest BCUT2D eigenvalue weighted by atomic mass is 10.2. The number of nitrogens with one attached hydrogen (secondary N) is 2. The highest BCUT2D eigenvalue weighted by atomic mass is 35.5. The molecule has 27 heavy (non-hydrogen) atoms. The molecule has 6 nitrogen and oxygen atoms in total. The van der Waals surface area contributed by atoms with Gasteiger partial charge >= 0.3 is 0 Å². The molecule has 0 amide bonds. The number of aromatic nitrogens is 4. The molecule has 0 aliphatic rings. The average Bonchev–Trinajstić information content (AvgIpc) is 3.22. The van der Waals surface area contributed by atoms with Crippen molar-refractivity contribution in [2.24, 2.45) is 0 Å². The van der Waals surface area contributed by atoms with Crippen LogP contribution in [0.25, 0.3) is 0 Å². The third-order valence-corrected chi connectivity index (χ3v) is 4.79. The monoisotopic (exact) mass is 426 g/mol. The van der Waals surface area contributed by atoms with Gasteiger partial charge in [-0.3, -0.25) is 9.36 Å². The van der Waals surface area contributed by atoms with Crippen molar-refractivity contribution in [3.63, 3.8) is 0 Å². The van der Waals surface area contributed by atoms with Crippen LogP contribution in [-0.4, -0.2) is 24.7 Å². The first-order valence-corrected chi connectivity index (χ1v) is 9.35. The molecule has 0 radical (unpaired) electrons. The number of hydrogen-bond acceptors (Lipinski definition) is 3. The molecule has 0 saturated carbocycles. The molecule has 0 unspecified atom stereocenters. The second kappa shape index (κ2) is 8.69. The fourth-order valence-electron chi connectivity index (χ4n) is 2.52. The first kappa shape index (κ1) is 19.6. The summed E-state index contributed by atoms with van der Waals surface area (Å²) in [4.78, 5) is 0. The van der Waals surface area contributed by atoms with Crippen LogP contribution < -0.4 is 10.6 Å². The maximum Gasteiger partial charge on any atom is 0.172 e. The molecule has 0 saturated heterocycles. The number of halogens is 3. The molecule has 10 heteroatoms. The molecule has 0 atom stereocenters. The zero-order chi connectivity index (χ0) is 19.4. The molecule has 0 fully saturated rings. The van der Waals surface area contributed by atoms with Gasteiger partial charge in [-0.2, -0.15) is 10.2 Å². The third-order valence-electron chi connectivity index (χ3n) is 3.88. The van der Waals surface area contributed by atoms with E-state index in [2.05, 4.69) is 20.8 Å². The Kier molecular flexibility index (Phi) is 6.30. The summed E-state index contributed by atoms with van der Waals surface area (Å²) in [6.07, 6.45) is 3.32. The second-order valence-corrected chi connectivity index (χ2v) is 6.88. The Hall–Kier alpha value is -2.16. The maximum atomic E-state index is 13.9. The third kappa shape index (κ3) is 4.77. The normalized spacial score (nSPS) is 10.8. The van der Waals surface area contributed by atoms with Gasteiger partial charge in [0, 0.05) is 29.4 Å². The summed E-state index contributed by atoms with van der Waals surface area (Å²) in [6, 6.07) is 6.33. The lowest BCUT2D eigenvalue weighted by molar-refractivity contribution is 0.586. The number of benzene rings is 1. The number of aryl methyl sites for hydroxylation is 1. The van der Waals surface area contributed by atoms with E-state index in [4.69, 9.17) is 35.4 Å². The molecular weight excluding hydrogens is 410 g/mol. The molecule has 0 spiro atoms. The minimum Gasteiger partial charge on any atom is -0.357 e. The predicted octanol–water partition coefficient (Wildman–Crippen LogP) is 4.08. The van der Waals surface area contributed by atoms with E-state index in [0.717, 1.165) is 5.69 Å². The van der Waals surface area contributed by atoms with Crippen LogP contribution >= 0.6 is 35.4 Å². The summed E-state index contributed by atoms with van der Waals surface area (Å²) in [5.74, 6) is 0.171. The molecule has 1 aromatic carbocycles. The van der Waals surface area contributed by atoms with E-state index >= 15 is 0 Å². The summed E-state index contributed by atoms with van der Waals surface area (Å²) >= 11 is 17.5. The molecule has 2 N–H and O–H groups in total. The van der Waals surface area contributed by atoms with Crippen LogP contribution in [0.2, 0.25) is 10.0 Å². The quantitative estimate of drug-likeness (QED) is 0.581. The van der Waals surface area contributed by atoms with Gasteiger partial charge in [0.15, 0.2) is 10.9 Å². The van der Waals surface area contributed by atoms with E-state index in [-0.39, 0.29) is 12.4 Å². The smallest absolute Gasteiger partial charge is 0.172 e. The van der Waals surface area contributed by atoms with Crippen LogP contribution in [0.5, 0.6) is 0 Å². The van der Waals surface area contributed by atoms with E-state index in [1.807, 2.05) is 6.92 Å².